The van der Waals surface area contributed by atoms with Crippen molar-refractivity contribution >= 4 is 11.9 Å². The molecule has 3 heterocycles. The highest BCUT2D eigenvalue weighted by Gasteiger charge is 2.43. The van der Waals surface area contributed by atoms with Crippen LogP contribution in [-0.2, 0) is 11.8 Å². The van der Waals surface area contributed by atoms with Gasteiger partial charge in [-0.15, -0.1) is 10.2 Å². The molecule has 8 nitrogen and oxygen atoms in total. The molecule has 1 saturated carbocycles. The van der Waals surface area contributed by atoms with Crippen LogP contribution in [0.3, 0.4) is 0 Å². The Kier molecular flexibility index (Phi) is 4.96. The van der Waals surface area contributed by atoms with E-state index < -0.39 is 5.60 Å². The van der Waals surface area contributed by atoms with Gasteiger partial charge < -0.3 is 15.0 Å². The second kappa shape index (κ2) is 7.31. The van der Waals surface area contributed by atoms with Gasteiger partial charge in [0.05, 0.1) is 11.9 Å². The zero-order chi connectivity index (χ0) is 20.8. The number of carbonyl (C=O) groups excluding carboxylic acids is 1. The summed E-state index contributed by atoms with van der Waals surface area (Å²) in [6.45, 7) is 9.30. The number of hydrogen-bond donors (Lipinski definition) is 1. The Morgan fingerprint density at radius 3 is 2.38 bits per heavy atom. The van der Waals surface area contributed by atoms with Crippen LogP contribution in [0, 0.1) is 18.8 Å². The fraction of sp³-hybridized carbons (Fsp3) is 0.619. The summed E-state index contributed by atoms with van der Waals surface area (Å²) < 4.78 is 7.34. The first kappa shape index (κ1) is 19.7. The third kappa shape index (κ3) is 4.21. The van der Waals surface area contributed by atoms with E-state index in [-0.39, 0.29) is 6.09 Å². The van der Waals surface area contributed by atoms with Crippen molar-refractivity contribution in [2.24, 2.45) is 18.9 Å². The van der Waals surface area contributed by atoms with Gasteiger partial charge in [-0.1, -0.05) is 0 Å². The molecule has 2 aromatic heterocycles. The molecule has 0 bridgehead atoms. The largest absolute Gasteiger partial charge is 0.444 e. The number of ether oxygens (including phenoxy) is 1. The molecule has 156 valence electrons. The summed E-state index contributed by atoms with van der Waals surface area (Å²) in [7, 11) is 1.91. The van der Waals surface area contributed by atoms with Crippen LogP contribution in [0.5, 0.6) is 0 Å². The third-order valence-electron chi connectivity index (χ3n) is 5.78. The fourth-order valence-corrected chi connectivity index (χ4v) is 4.55. The lowest BCUT2D eigenvalue weighted by molar-refractivity contribution is 0.0280. The number of aryl methyl sites for hydroxylation is 2. The molecule has 1 aliphatic heterocycles. The number of carbonyl (C=O) groups is 1. The third-order valence-corrected chi connectivity index (χ3v) is 5.78. The molecule has 2 aromatic rings. The Bertz CT molecular complexity index is 852. The van der Waals surface area contributed by atoms with E-state index in [2.05, 4.69) is 20.6 Å². The number of aromatic nitrogens is 4. The predicted octanol–water partition coefficient (Wildman–Crippen LogP) is 3.24. The summed E-state index contributed by atoms with van der Waals surface area (Å²) >= 11 is 0. The average molecular weight is 399 g/mol. The van der Waals surface area contributed by atoms with E-state index in [4.69, 9.17) is 4.74 Å². The number of nitrogens with zero attached hydrogens (tertiary/aromatic N) is 5. The summed E-state index contributed by atoms with van der Waals surface area (Å²) in [4.78, 5) is 14.2. The van der Waals surface area contributed by atoms with Crippen molar-refractivity contribution in [3.8, 4) is 11.4 Å². The molecule has 1 unspecified atom stereocenters. The Balaban J connectivity index is 1.32. The minimum absolute atomic E-state index is 0.191. The zero-order valence-electron chi connectivity index (χ0n) is 17.8. The molecule has 29 heavy (non-hydrogen) atoms. The van der Waals surface area contributed by atoms with Gasteiger partial charge in [-0.25, -0.2) is 4.79 Å². The van der Waals surface area contributed by atoms with Gasteiger partial charge >= 0.3 is 6.09 Å². The van der Waals surface area contributed by atoms with Crippen molar-refractivity contribution in [2.75, 3.05) is 18.4 Å². The first-order valence-electron chi connectivity index (χ1n) is 10.3. The number of hydrogen-bond acceptors (Lipinski definition) is 6. The average Bonchev–Trinajstić information content (AvgIpc) is 3.28. The van der Waals surface area contributed by atoms with E-state index in [0.717, 1.165) is 48.7 Å². The van der Waals surface area contributed by atoms with Gasteiger partial charge in [0.25, 0.3) is 0 Å². The topological polar surface area (TPSA) is 85.2 Å². The van der Waals surface area contributed by atoms with Crippen molar-refractivity contribution in [2.45, 2.75) is 52.2 Å². The number of anilines is 1. The van der Waals surface area contributed by atoms with Gasteiger partial charge in [0, 0.05) is 26.2 Å². The van der Waals surface area contributed by atoms with E-state index in [1.807, 2.05) is 62.7 Å². The van der Waals surface area contributed by atoms with Gasteiger partial charge in [0.1, 0.15) is 17.1 Å². The quantitative estimate of drug-likeness (QED) is 0.854. The van der Waals surface area contributed by atoms with Crippen molar-refractivity contribution in [3.63, 3.8) is 0 Å². The van der Waals surface area contributed by atoms with Crippen LogP contribution in [-0.4, -0.2) is 55.7 Å². The summed E-state index contributed by atoms with van der Waals surface area (Å²) in [5.74, 6) is 1.83. The Hall–Kier alpha value is -2.64. The lowest BCUT2D eigenvalue weighted by Crippen LogP contribution is -2.36. The highest BCUT2D eigenvalue weighted by molar-refractivity contribution is 5.68. The van der Waals surface area contributed by atoms with E-state index in [1.165, 1.54) is 0 Å². The van der Waals surface area contributed by atoms with Crippen LogP contribution in [0.1, 0.15) is 39.2 Å². The normalized spacial score (nSPS) is 23.9. The van der Waals surface area contributed by atoms with E-state index >= 15 is 0 Å². The molecule has 0 radical (unpaired) electrons. The van der Waals surface area contributed by atoms with E-state index in [0.29, 0.717) is 17.9 Å². The summed E-state index contributed by atoms with van der Waals surface area (Å²) in [5.41, 5.74) is 2.45. The minimum atomic E-state index is -0.447. The van der Waals surface area contributed by atoms with Crippen molar-refractivity contribution in [3.05, 3.63) is 23.9 Å². The van der Waals surface area contributed by atoms with Crippen LogP contribution in [0.4, 0.5) is 10.6 Å². The number of fused-ring (bicyclic) bond motifs is 1. The molecule has 2 fully saturated rings. The number of likely N-dealkylation sites (tertiary alicyclic amines) is 1. The fourth-order valence-electron chi connectivity index (χ4n) is 4.55. The molecule has 1 N–H and O–H groups in total. The summed E-state index contributed by atoms with van der Waals surface area (Å²) in [6.07, 6.45) is 3.71. The zero-order valence-corrected chi connectivity index (χ0v) is 17.8. The van der Waals surface area contributed by atoms with Crippen molar-refractivity contribution in [1.29, 1.82) is 0 Å². The van der Waals surface area contributed by atoms with Crippen LogP contribution in [0.25, 0.3) is 11.4 Å². The molecule has 1 aliphatic carbocycles. The standard InChI is InChI=1S/C21H30N6O2/c1-13-10-22-26(5)19(13)17-6-7-18(25-24-17)23-16-8-14-11-27(12-15(14)9-16)20(28)29-21(2,3)4/h6-7,10,14-16H,8-9,11-12H2,1-5H3,(H,23,25)/t14-,15?,16+/m1/s1. The Labute approximate surface area is 171 Å². The maximum Gasteiger partial charge on any atom is 0.410 e. The smallest absolute Gasteiger partial charge is 0.410 e. The lowest BCUT2D eigenvalue weighted by atomic mass is 10.0. The molecule has 4 rings (SSSR count). The summed E-state index contributed by atoms with van der Waals surface area (Å²) in [6, 6.07) is 4.33. The van der Waals surface area contributed by atoms with Gasteiger partial charge in [-0.05, 0) is 70.1 Å². The van der Waals surface area contributed by atoms with Crippen LogP contribution < -0.4 is 5.32 Å². The number of nitrogens with one attached hydrogen (secondary N) is 1. The summed E-state index contributed by atoms with van der Waals surface area (Å²) in [5, 5.41) is 16.5. The first-order chi connectivity index (χ1) is 13.7. The predicted molar refractivity (Wildman–Crippen MR) is 110 cm³/mol. The molecule has 1 amide bonds. The SMILES string of the molecule is Cc1cnn(C)c1-c1ccc(N[C@@H]2CC3CN(C(=O)OC(C)(C)C)C[C@H]3C2)nn1. The van der Waals surface area contributed by atoms with Gasteiger partial charge in [0.2, 0.25) is 0 Å². The van der Waals surface area contributed by atoms with Gasteiger partial charge in [-0.3, -0.25) is 4.68 Å². The van der Waals surface area contributed by atoms with Crippen LogP contribution in [0.15, 0.2) is 18.3 Å². The highest BCUT2D eigenvalue weighted by Crippen LogP contribution is 2.39. The highest BCUT2D eigenvalue weighted by atomic mass is 16.6. The van der Waals surface area contributed by atoms with Gasteiger partial charge in [-0.2, -0.15) is 5.10 Å². The molecule has 0 aromatic carbocycles. The van der Waals surface area contributed by atoms with E-state index in [9.17, 15) is 4.79 Å². The van der Waals surface area contributed by atoms with Gasteiger partial charge in [0.15, 0.2) is 0 Å². The maximum atomic E-state index is 12.3. The minimum Gasteiger partial charge on any atom is -0.444 e. The molecule has 1 saturated heterocycles. The first-order valence-corrected chi connectivity index (χ1v) is 10.3. The van der Waals surface area contributed by atoms with Crippen molar-refractivity contribution < 1.29 is 9.53 Å². The molecule has 2 aliphatic rings. The van der Waals surface area contributed by atoms with Crippen LogP contribution >= 0.6 is 0 Å². The molecular weight excluding hydrogens is 368 g/mol. The molecule has 0 spiro atoms. The lowest BCUT2D eigenvalue weighted by Gasteiger charge is -2.25. The molecular formula is C21H30N6O2. The monoisotopic (exact) mass is 398 g/mol. The Morgan fingerprint density at radius 1 is 1.17 bits per heavy atom. The number of rotatable bonds is 3. The molecule has 8 heteroatoms. The molecule has 3 atom stereocenters. The Morgan fingerprint density at radius 2 is 1.86 bits per heavy atom. The number of amides is 1. The second-order valence-electron chi connectivity index (χ2n) is 9.32. The maximum absolute atomic E-state index is 12.3. The van der Waals surface area contributed by atoms with E-state index in [1.54, 1.807) is 0 Å². The van der Waals surface area contributed by atoms with Crippen LogP contribution in [0.2, 0.25) is 0 Å². The second-order valence-corrected chi connectivity index (χ2v) is 9.32. The van der Waals surface area contributed by atoms with Crippen molar-refractivity contribution in [1.82, 2.24) is 24.9 Å².